The molecule has 1 aliphatic heterocycles. The summed E-state index contributed by atoms with van der Waals surface area (Å²) in [5.74, 6) is -1.46. The van der Waals surface area contributed by atoms with Crippen LogP contribution in [0.3, 0.4) is 0 Å². The van der Waals surface area contributed by atoms with Crippen LogP contribution in [-0.2, 0) is 16.0 Å². The summed E-state index contributed by atoms with van der Waals surface area (Å²) in [6.07, 6.45) is -0.573. The molecule has 1 fully saturated rings. The molecule has 8 nitrogen and oxygen atoms in total. The normalized spacial score (nSPS) is 14.1. The van der Waals surface area contributed by atoms with Crippen molar-refractivity contribution in [3.8, 4) is 11.3 Å². The Morgan fingerprint density at radius 2 is 1.82 bits per heavy atom. The number of aromatic nitrogens is 2. The maximum absolute atomic E-state index is 13.6. The zero-order valence-corrected chi connectivity index (χ0v) is 18.4. The number of ether oxygens (including phenoxy) is 2. The molecule has 10 heteroatoms. The third kappa shape index (κ3) is 6.46. The van der Waals surface area contributed by atoms with E-state index >= 15 is 0 Å². The first-order chi connectivity index (χ1) is 16.5. The van der Waals surface area contributed by atoms with Gasteiger partial charge in [-0.1, -0.05) is 12.1 Å². The van der Waals surface area contributed by atoms with Crippen LogP contribution in [0, 0.1) is 11.6 Å². The monoisotopic (exact) mass is 470 g/mol. The molecule has 2 heterocycles. The second-order valence-corrected chi connectivity index (χ2v) is 7.79. The number of hydrogen-bond donors (Lipinski definition) is 1. The Bertz CT molecular complexity index is 1190. The Morgan fingerprint density at radius 3 is 2.59 bits per heavy atom. The largest absolute Gasteiger partial charge is 0.448 e. The molecule has 1 aromatic heterocycles. The molecule has 0 aliphatic carbocycles. The Kier molecular flexibility index (Phi) is 7.61. The summed E-state index contributed by atoms with van der Waals surface area (Å²) < 4.78 is 38.9. The van der Waals surface area contributed by atoms with Crippen molar-refractivity contribution in [3.63, 3.8) is 0 Å². The molecule has 0 spiro atoms. The van der Waals surface area contributed by atoms with Crippen molar-refractivity contribution in [3.05, 3.63) is 82.1 Å². The van der Waals surface area contributed by atoms with Crippen LogP contribution in [0.4, 0.5) is 19.3 Å². The van der Waals surface area contributed by atoms with Crippen LogP contribution in [0.15, 0.2) is 59.4 Å². The molecule has 3 aromatic rings. The average Bonchev–Trinajstić information content (AvgIpc) is 2.81. The van der Waals surface area contributed by atoms with E-state index in [0.29, 0.717) is 31.0 Å². The molecular weight excluding hydrogens is 446 g/mol. The smallest absolute Gasteiger partial charge is 0.411 e. The first-order valence-corrected chi connectivity index (χ1v) is 10.8. The topological polar surface area (TPSA) is 85.7 Å². The highest BCUT2D eigenvalue weighted by atomic mass is 19.1. The minimum Gasteiger partial charge on any atom is -0.448 e. The van der Waals surface area contributed by atoms with Crippen LogP contribution in [-0.4, -0.2) is 60.2 Å². The van der Waals surface area contributed by atoms with Crippen molar-refractivity contribution in [1.82, 2.24) is 14.7 Å². The lowest BCUT2D eigenvalue weighted by molar-refractivity contribution is 0.0290. The van der Waals surface area contributed by atoms with Crippen molar-refractivity contribution in [1.29, 1.82) is 0 Å². The van der Waals surface area contributed by atoms with Crippen molar-refractivity contribution in [2.45, 2.75) is 6.54 Å². The molecule has 1 N–H and O–H groups in total. The van der Waals surface area contributed by atoms with Crippen LogP contribution in [0.5, 0.6) is 0 Å². The van der Waals surface area contributed by atoms with Crippen LogP contribution in [0.2, 0.25) is 0 Å². The molecule has 34 heavy (non-hydrogen) atoms. The number of rotatable bonds is 7. The van der Waals surface area contributed by atoms with Gasteiger partial charge in [-0.3, -0.25) is 15.0 Å². The number of morpholine rings is 1. The summed E-state index contributed by atoms with van der Waals surface area (Å²) in [6.45, 7) is 3.99. The van der Waals surface area contributed by atoms with Gasteiger partial charge in [0.25, 0.3) is 5.56 Å². The molecule has 1 aliphatic rings. The SMILES string of the molecule is O=C(Nc1cccc(Cn2nc(-c3cc(F)cc(F)c3)ccc2=O)c1)OCCN1CCOCC1. The van der Waals surface area contributed by atoms with Gasteiger partial charge in [-0.2, -0.15) is 5.10 Å². The molecule has 4 rings (SSSR count). The number of carbonyl (C=O) groups is 1. The van der Waals surface area contributed by atoms with Crippen LogP contribution < -0.4 is 10.9 Å². The average molecular weight is 470 g/mol. The van der Waals surface area contributed by atoms with E-state index in [4.69, 9.17) is 9.47 Å². The Labute approximate surface area is 194 Å². The lowest BCUT2D eigenvalue weighted by atomic mass is 10.1. The molecule has 0 radical (unpaired) electrons. The number of nitrogens with zero attached hydrogens (tertiary/aromatic N) is 3. The third-order valence-corrected chi connectivity index (χ3v) is 5.28. The van der Waals surface area contributed by atoms with Crippen molar-refractivity contribution < 1.29 is 23.0 Å². The summed E-state index contributed by atoms with van der Waals surface area (Å²) in [5, 5.41) is 6.92. The lowest BCUT2D eigenvalue weighted by Gasteiger charge is -2.26. The number of anilines is 1. The van der Waals surface area contributed by atoms with Gasteiger partial charge in [0.05, 0.1) is 25.5 Å². The third-order valence-electron chi connectivity index (χ3n) is 5.28. The van der Waals surface area contributed by atoms with Gasteiger partial charge < -0.3 is 9.47 Å². The van der Waals surface area contributed by atoms with Gasteiger partial charge in [-0.15, -0.1) is 0 Å². The van der Waals surface area contributed by atoms with Gasteiger partial charge in [0, 0.05) is 43.0 Å². The van der Waals surface area contributed by atoms with Crippen LogP contribution in [0.1, 0.15) is 5.56 Å². The molecule has 0 saturated carbocycles. The van der Waals surface area contributed by atoms with E-state index in [-0.39, 0.29) is 30.0 Å². The molecule has 1 saturated heterocycles. The number of benzene rings is 2. The molecule has 0 bridgehead atoms. The highest BCUT2D eigenvalue weighted by molar-refractivity contribution is 5.84. The van der Waals surface area contributed by atoms with Gasteiger partial charge in [0.1, 0.15) is 18.2 Å². The zero-order chi connectivity index (χ0) is 23.9. The highest BCUT2D eigenvalue weighted by Crippen LogP contribution is 2.19. The zero-order valence-electron chi connectivity index (χ0n) is 18.4. The van der Waals surface area contributed by atoms with E-state index in [9.17, 15) is 18.4 Å². The summed E-state index contributed by atoms with van der Waals surface area (Å²) in [4.78, 5) is 26.6. The van der Waals surface area contributed by atoms with E-state index in [1.807, 2.05) is 0 Å². The van der Waals surface area contributed by atoms with E-state index in [2.05, 4.69) is 15.3 Å². The maximum atomic E-state index is 13.6. The molecule has 1 amide bonds. The standard InChI is InChI=1S/C24H24F2N4O4/c25-19-13-18(14-20(26)15-19)22-4-5-23(31)30(28-22)16-17-2-1-3-21(12-17)27-24(32)34-11-8-29-6-9-33-10-7-29/h1-5,12-15H,6-11,16H2,(H,27,32). The second-order valence-electron chi connectivity index (χ2n) is 7.79. The molecule has 2 aromatic carbocycles. The molecule has 0 atom stereocenters. The molecule has 178 valence electrons. The van der Waals surface area contributed by atoms with Gasteiger partial charge in [-0.25, -0.2) is 18.3 Å². The van der Waals surface area contributed by atoms with Gasteiger partial charge in [0.15, 0.2) is 0 Å². The maximum Gasteiger partial charge on any atom is 0.411 e. The van der Waals surface area contributed by atoms with Crippen molar-refractivity contribution in [2.75, 3.05) is 44.8 Å². The van der Waals surface area contributed by atoms with Crippen LogP contribution >= 0.6 is 0 Å². The molecule has 0 unspecified atom stereocenters. The number of nitrogens with one attached hydrogen (secondary N) is 1. The Hall–Kier alpha value is -3.63. The number of carbonyl (C=O) groups excluding carboxylic acids is 1. The summed E-state index contributed by atoms with van der Waals surface area (Å²) in [7, 11) is 0. The van der Waals surface area contributed by atoms with E-state index in [1.165, 1.54) is 16.8 Å². The quantitative estimate of drug-likeness (QED) is 0.571. The number of halogens is 2. The lowest BCUT2D eigenvalue weighted by Crippen LogP contribution is -2.38. The predicted molar refractivity (Wildman–Crippen MR) is 122 cm³/mol. The van der Waals surface area contributed by atoms with Gasteiger partial charge in [-0.05, 0) is 35.9 Å². The fraction of sp³-hybridized carbons (Fsp3) is 0.292. The van der Waals surface area contributed by atoms with Gasteiger partial charge in [0.2, 0.25) is 0 Å². The highest BCUT2D eigenvalue weighted by Gasteiger charge is 2.12. The first-order valence-electron chi connectivity index (χ1n) is 10.8. The van der Waals surface area contributed by atoms with Crippen LogP contribution in [0.25, 0.3) is 11.3 Å². The van der Waals surface area contributed by atoms with Gasteiger partial charge >= 0.3 is 6.09 Å². The minimum absolute atomic E-state index is 0.103. The number of amides is 1. The minimum atomic E-state index is -0.731. The van der Waals surface area contributed by atoms with E-state index < -0.39 is 17.7 Å². The summed E-state index contributed by atoms with van der Waals surface area (Å²) in [6, 6.07) is 12.7. The van der Waals surface area contributed by atoms with E-state index in [0.717, 1.165) is 31.3 Å². The second kappa shape index (κ2) is 11.0. The Balaban J connectivity index is 1.39. The fourth-order valence-electron chi connectivity index (χ4n) is 3.58. The molecular formula is C24H24F2N4O4. The fourth-order valence-corrected chi connectivity index (χ4v) is 3.58. The predicted octanol–water partition coefficient (Wildman–Crippen LogP) is 3.12. The van der Waals surface area contributed by atoms with Crippen molar-refractivity contribution in [2.24, 2.45) is 0 Å². The van der Waals surface area contributed by atoms with Crippen molar-refractivity contribution >= 4 is 11.8 Å². The number of hydrogen-bond acceptors (Lipinski definition) is 6. The summed E-state index contributed by atoms with van der Waals surface area (Å²) in [5.41, 5.74) is 1.31. The summed E-state index contributed by atoms with van der Waals surface area (Å²) >= 11 is 0. The van der Waals surface area contributed by atoms with E-state index in [1.54, 1.807) is 24.3 Å². The Morgan fingerprint density at radius 1 is 1.06 bits per heavy atom. The first kappa shape index (κ1) is 23.5.